The van der Waals surface area contributed by atoms with Gasteiger partial charge in [0, 0.05) is 26.2 Å². The van der Waals surface area contributed by atoms with Gasteiger partial charge < -0.3 is 14.5 Å². The lowest BCUT2D eigenvalue weighted by Crippen LogP contribution is -2.39. The number of ether oxygens (including phenoxy) is 1. The van der Waals surface area contributed by atoms with E-state index in [2.05, 4.69) is 33.8 Å². The minimum absolute atomic E-state index is 0.0180. The molecule has 0 aromatic heterocycles. The van der Waals surface area contributed by atoms with Gasteiger partial charge in [0.15, 0.2) is 6.61 Å². The molecule has 1 aliphatic rings. The molecule has 1 saturated heterocycles. The summed E-state index contributed by atoms with van der Waals surface area (Å²) in [5.41, 5.74) is 3.24. The molecule has 0 bridgehead atoms. The van der Waals surface area contributed by atoms with E-state index >= 15 is 0 Å². The molecule has 2 aromatic rings. The summed E-state index contributed by atoms with van der Waals surface area (Å²) in [5.74, 6) is 0.852. The van der Waals surface area contributed by atoms with Crippen LogP contribution in [-0.4, -0.2) is 54.4 Å². The van der Waals surface area contributed by atoms with Gasteiger partial charge in [-0.15, -0.1) is 0 Å². The van der Waals surface area contributed by atoms with Gasteiger partial charge in [-0.3, -0.25) is 9.59 Å². The Morgan fingerprint density at radius 3 is 2.19 bits per heavy atom. The summed E-state index contributed by atoms with van der Waals surface area (Å²) in [6, 6.07) is 15.9. The fraction of sp³-hybridized carbons (Fsp3) is 0.462. The van der Waals surface area contributed by atoms with E-state index in [1.54, 1.807) is 0 Å². The molecule has 3 rings (SSSR count). The van der Waals surface area contributed by atoms with Gasteiger partial charge in [-0.05, 0) is 36.0 Å². The van der Waals surface area contributed by atoms with Crippen molar-refractivity contribution in [3.63, 3.8) is 0 Å². The molecule has 0 saturated carbocycles. The number of amides is 2. The van der Waals surface area contributed by atoms with E-state index in [0.717, 1.165) is 23.3 Å². The Labute approximate surface area is 186 Å². The van der Waals surface area contributed by atoms with Crippen LogP contribution in [0.4, 0.5) is 0 Å². The van der Waals surface area contributed by atoms with Crippen LogP contribution in [0.15, 0.2) is 48.5 Å². The third kappa shape index (κ3) is 6.33. The van der Waals surface area contributed by atoms with Crippen LogP contribution in [0.3, 0.4) is 0 Å². The summed E-state index contributed by atoms with van der Waals surface area (Å²) in [7, 11) is 0. The molecule has 0 aliphatic carbocycles. The fourth-order valence-corrected chi connectivity index (χ4v) is 3.89. The summed E-state index contributed by atoms with van der Waals surface area (Å²) >= 11 is 0. The first kappa shape index (κ1) is 22.9. The molecule has 0 spiro atoms. The summed E-state index contributed by atoms with van der Waals surface area (Å²) in [4.78, 5) is 29.2. The summed E-state index contributed by atoms with van der Waals surface area (Å²) in [6.45, 7) is 11.0. The highest BCUT2D eigenvalue weighted by Crippen LogP contribution is 2.32. The van der Waals surface area contributed by atoms with Crippen molar-refractivity contribution in [3.8, 4) is 5.75 Å². The number of nitrogens with zero attached hydrogens (tertiary/aromatic N) is 2. The highest BCUT2D eigenvalue weighted by molar-refractivity contribution is 5.80. The number of rotatable bonds is 5. The van der Waals surface area contributed by atoms with Crippen molar-refractivity contribution < 1.29 is 14.3 Å². The van der Waals surface area contributed by atoms with Gasteiger partial charge in [0.2, 0.25) is 5.91 Å². The minimum atomic E-state index is -0.0629. The third-order valence-electron chi connectivity index (χ3n) is 5.69. The van der Waals surface area contributed by atoms with E-state index in [1.807, 2.05) is 52.3 Å². The van der Waals surface area contributed by atoms with Gasteiger partial charge in [0.05, 0.1) is 6.42 Å². The Bertz CT molecular complexity index is 903. The zero-order valence-corrected chi connectivity index (χ0v) is 19.2. The Balaban J connectivity index is 1.55. The highest BCUT2D eigenvalue weighted by atomic mass is 16.5. The normalized spacial score (nSPS) is 14.8. The first-order valence-corrected chi connectivity index (χ1v) is 11.1. The standard InChI is InChI=1S/C26H34N2O3/c1-20-11-12-23(22(17-20)26(2,3)4)31-19-25(30)28-14-8-13-27(15-16-28)24(29)18-21-9-6-5-7-10-21/h5-7,9-12,17H,8,13-16,18-19H2,1-4H3. The van der Waals surface area contributed by atoms with E-state index in [0.29, 0.717) is 32.6 Å². The van der Waals surface area contributed by atoms with E-state index in [1.165, 1.54) is 5.56 Å². The van der Waals surface area contributed by atoms with Crippen molar-refractivity contribution in [2.45, 2.75) is 46.0 Å². The lowest BCUT2D eigenvalue weighted by Gasteiger charge is -2.25. The number of hydrogen-bond acceptors (Lipinski definition) is 3. The summed E-state index contributed by atoms with van der Waals surface area (Å²) in [5, 5.41) is 0. The van der Waals surface area contributed by atoms with E-state index in [9.17, 15) is 9.59 Å². The SMILES string of the molecule is Cc1ccc(OCC(=O)N2CCCN(C(=O)Cc3ccccc3)CC2)c(C(C)(C)C)c1. The molecule has 1 heterocycles. The molecule has 166 valence electrons. The summed E-state index contributed by atoms with van der Waals surface area (Å²) < 4.78 is 5.96. The topological polar surface area (TPSA) is 49.9 Å². The van der Waals surface area contributed by atoms with Crippen LogP contribution in [-0.2, 0) is 21.4 Å². The molecular formula is C26H34N2O3. The van der Waals surface area contributed by atoms with Crippen LogP contribution >= 0.6 is 0 Å². The molecule has 1 aliphatic heterocycles. The van der Waals surface area contributed by atoms with E-state index in [-0.39, 0.29) is 23.8 Å². The van der Waals surface area contributed by atoms with Crippen LogP contribution in [0.25, 0.3) is 0 Å². The molecule has 2 amide bonds. The molecule has 0 unspecified atom stereocenters. The maximum absolute atomic E-state index is 12.8. The smallest absolute Gasteiger partial charge is 0.260 e. The highest BCUT2D eigenvalue weighted by Gasteiger charge is 2.24. The molecule has 2 aromatic carbocycles. The van der Waals surface area contributed by atoms with Gasteiger partial charge in [0.25, 0.3) is 5.91 Å². The minimum Gasteiger partial charge on any atom is -0.483 e. The van der Waals surface area contributed by atoms with Gasteiger partial charge in [0.1, 0.15) is 5.75 Å². The van der Waals surface area contributed by atoms with Crippen LogP contribution in [0, 0.1) is 6.92 Å². The predicted molar refractivity (Wildman–Crippen MR) is 123 cm³/mol. The first-order valence-electron chi connectivity index (χ1n) is 11.1. The van der Waals surface area contributed by atoms with Crippen LogP contribution in [0.5, 0.6) is 5.75 Å². The largest absolute Gasteiger partial charge is 0.483 e. The average Bonchev–Trinajstić information content (AvgIpc) is 2.99. The van der Waals surface area contributed by atoms with Crippen LogP contribution in [0.2, 0.25) is 0 Å². The van der Waals surface area contributed by atoms with Crippen molar-refractivity contribution in [1.29, 1.82) is 0 Å². The maximum Gasteiger partial charge on any atom is 0.260 e. The third-order valence-corrected chi connectivity index (χ3v) is 5.69. The molecule has 5 nitrogen and oxygen atoms in total. The number of aryl methyl sites for hydroxylation is 1. The number of carbonyl (C=O) groups excluding carboxylic acids is 2. The molecule has 0 radical (unpaired) electrons. The first-order chi connectivity index (χ1) is 14.7. The molecule has 31 heavy (non-hydrogen) atoms. The second-order valence-corrected chi connectivity index (χ2v) is 9.32. The summed E-state index contributed by atoms with van der Waals surface area (Å²) in [6.07, 6.45) is 1.19. The lowest BCUT2D eigenvalue weighted by molar-refractivity contribution is -0.134. The molecule has 0 atom stereocenters. The van der Waals surface area contributed by atoms with Crippen LogP contribution < -0.4 is 4.74 Å². The number of carbonyl (C=O) groups is 2. The second-order valence-electron chi connectivity index (χ2n) is 9.32. The van der Waals surface area contributed by atoms with Gasteiger partial charge in [-0.25, -0.2) is 0 Å². The van der Waals surface area contributed by atoms with Crippen molar-refractivity contribution >= 4 is 11.8 Å². The van der Waals surface area contributed by atoms with Crippen molar-refractivity contribution in [2.24, 2.45) is 0 Å². The average molecular weight is 423 g/mol. The zero-order valence-electron chi connectivity index (χ0n) is 19.2. The Morgan fingerprint density at radius 2 is 1.55 bits per heavy atom. The van der Waals surface area contributed by atoms with Crippen molar-refractivity contribution in [3.05, 3.63) is 65.2 Å². The van der Waals surface area contributed by atoms with Crippen molar-refractivity contribution in [1.82, 2.24) is 9.80 Å². The van der Waals surface area contributed by atoms with Gasteiger partial charge >= 0.3 is 0 Å². The lowest BCUT2D eigenvalue weighted by atomic mass is 9.85. The Kier molecular flexibility index (Phi) is 7.37. The number of benzene rings is 2. The second kappa shape index (κ2) is 9.99. The molecule has 1 fully saturated rings. The number of hydrogen-bond donors (Lipinski definition) is 0. The Hall–Kier alpha value is -2.82. The van der Waals surface area contributed by atoms with Crippen LogP contribution in [0.1, 0.15) is 43.9 Å². The van der Waals surface area contributed by atoms with E-state index < -0.39 is 0 Å². The van der Waals surface area contributed by atoms with Gasteiger partial charge in [-0.2, -0.15) is 0 Å². The zero-order chi connectivity index (χ0) is 22.4. The molecule has 0 N–H and O–H groups in total. The quantitative estimate of drug-likeness (QED) is 0.732. The predicted octanol–water partition coefficient (Wildman–Crippen LogP) is 3.97. The maximum atomic E-state index is 12.8. The van der Waals surface area contributed by atoms with E-state index in [4.69, 9.17) is 4.74 Å². The molecular weight excluding hydrogens is 388 g/mol. The molecule has 5 heteroatoms. The van der Waals surface area contributed by atoms with Gasteiger partial charge in [-0.1, -0.05) is 68.8 Å². The Morgan fingerprint density at radius 1 is 0.903 bits per heavy atom. The monoisotopic (exact) mass is 422 g/mol. The van der Waals surface area contributed by atoms with Crippen molar-refractivity contribution in [2.75, 3.05) is 32.8 Å². The fourth-order valence-electron chi connectivity index (χ4n) is 3.89.